The Bertz CT molecular complexity index is 398. The van der Waals surface area contributed by atoms with E-state index in [0.29, 0.717) is 21.7 Å². The number of rotatable bonds is 4. The van der Waals surface area contributed by atoms with E-state index in [1.54, 1.807) is 18.2 Å². The van der Waals surface area contributed by atoms with E-state index < -0.39 is 12.0 Å². The van der Waals surface area contributed by atoms with Crippen LogP contribution in [0.25, 0.3) is 0 Å². The molecule has 0 amide bonds. The predicted molar refractivity (Wildman–Crippen MR) is 63.0 cm³/mol. The van der Waals surface area contributed by atoms with Crippen molar-refractivity contribution in [3.05, 3.63) is 33.8 Å². The first-order chi connectivity index (χ1) is 7.56. The van der Waals surface area contributed by atoms with Crippen LogP contribution in [0.5, 0.6) is 0 Å². The van der Waals surface area contributed by atoms with Gasteiger partial charge in [-0.15, -0.1) is 0 Å². The van der Waals surface area contributed by atoms with Crippen molar-refractivity contribution in [3.8, 4) is 0 Å². The van der Waals surface area contributed by atoms with Crippen molar-refractivity contribution < 1.29 is 9.90 Å². The third-order valence-electron chi connectivity index (χ3n) is 2.44. The summed E-state index contributed by atoms with van der Waals surface area (Å²) in [4.78, 5) is 11.1. The van der Waals surface area contributed by atoms with Gasteiger partial charge in [0.15, 0.2) is 0 Å². The van der Waals surface area contributed by atoms with Gasteiger partial charge in [-0.1, -0.05) is 23.2 Å². The minimum atomic E-state index is -0.912. The van der Waals surface area contributed by atoms with E-state index in [-0.39, 0.29) is 0 Å². The number of nitrogens with one attached hydrogen (secondary N) is 1. The predicted octanol–water partition coefficient (Wildman–Crippen LogP) is 2.87. The van der Waals surface area contributed by atoms with Gasteiger partial charge in [0.2, 0.25) is 0 Å². The average Bonchev–Trinajstić information content (AvgIpc) is 2.95. The molecule has 5 heteroatoms. The van der Waals surface area contributed by atoms with Crippen LogP contribution < -0.4 is 5.32 Å². The van der Waals surface area contributed by atoms with E-state index in [1.807, 2.05) is 0 Å². The number of halogens is 2. The Kier molecular flexibility index (Phi) is 3.38. The molecule has 1 atom stereocenters. The molecule has 1 fully saturated rings. The van der Waals surface area contributed by atoms with E-state index in [9.17, 15) is 4.79 Å². The molecule has 2 rings (SSSR count). The van der Waals surface area contributed by atoms with Gasteiger partial charge in [-0.2, -0.15) is 0 Å². The summed E-state index contributed by atoms with van der Waals surface area (Å²) in [5.74, 6) is -0.912. The first kappa shape index (κ1) is 11.7. The largest absolute Gasteiger partial charge is 0.480 e. The molecule has 0 spiro atoms. The van der Waals surface area contributed by atoms with Gasteiger partial charge in [-0.25, -0.2) is 0 Å². The molecule has 16 heavy (non-hydrogen) atoms. The Morgan fingerprint density at radius 2 is 1.88 bits per heavy atom. The van der Waals surface area contributed by atoms with Crippen LogP contribution in [0.15, 0.2) is 18.2 Å². The fourth-order valence-corrected chi connectivity index (χ4v) is 2.08. The van der Waals surface area contributed by atoms with Gasteiger partial charge in [-0.3, -0.25) is 10.1 Å². The normalized spacial score (nSPS) is 17.1. The first-order valence-corrected chi connectivity index (χ1v) is 5.76. The minimum absolute atomic E-state index is 0.304. The Balaban J connectivity index is 2.25. The summed E-state index contributed by atoms with van der Waals surface area (Å²) in [6, 6.07) is 4.41. The summed E-state index contributed by atoms with van der Waals surface area (Å²) in [7, 11) is 0. The van der Waals surface area contributed by atoms with Gasteiger partial charge in [-0.05, 0) is 36.6 Å². The molecular weight excluding hydrogens is 249 g/mol. The fourth-order valence-electron chi connectivity index (χ4n) is 1.54. The summed E-state index contributed by atoms with van der Waals surface area (Å²) in [6.07, 6.45) is 2.05. The summed E-state index contributed by atoms with van der Waals surface area (Å²) < 4.78 is 0. The average molecular weight is 260 g/mol. The third kappa shape index (κ3) is 2.88. The van der Waals surface area contributed by atoms with E-state index >= 15 is 0 Å². The number of carbonyl (C=O) groups is 1. The second-order valence-corrected chi connectivity index (χ2v) is 4.79. The lowest BCUT2D eigenvalue weighted by molar-refractivity contribution is -0.139. The maximum absolute atomic E-state index is 11.1. The van der Waals surface area contributed by atoms with Gasteiger partial charge >= 0.3 is 5.97 Å². The van der Waals surface area contributed by atoms with Crippen LogP contribution in [0, 0.1) is 0 Å². The molecule has 0 bridgehead atoms. The molecule has 1 saturated carbocycles. The second-order valence-electron chi connectivity index (χ2n) is 3.91. The molecule has 0 saturated heterocycles. The Morgan fingerprint density at radius 1 is 1.31 bits per heavy atom. The summed E-state index contributed by atoms with van der Waals surface area (Å²) in [6.45, 7) is 0. The van der Waals surface area contributed by atoms with Crippen molar-refractivity contribution in [2.75, 3.05) is 0 Å². The standard InChI is InChI=1S/C11H11Cl2NO2/c12-7-3-6(4-8(13)5-7)10(11(15)16)14-9-1-2-9/h3-5,9-10,14H,1-2H2,(H,15,16)/t10-/m0/s1. The van der Waals surface area contributed by atoms with Gasteiger partial charge < -0.3 is 5.11 Å². The van der Waals surface area contributed by atoms with Crippen molar-refractivity contribution in [1.82, 2.24) is 5.32 Å². The molecule has 86 valence electrons. The lowest BCUT2D eigenvalue weighted by atomic mass is 10.1. The highest BCUT2D eigenvalue weighted by atomic mass is 35.5. The van der Waals surface area contributed by atoms with Crippen LogP contribution in [0.3, 0.4) is 0 Å². The molecule has 0 heterocycles. The number of benzene rings is 1. The highest BCUT2D eigenvalue weighted by Crippen LogP contribution is 2.27. The molecule has 0 aliphatic heterocycles. The quantitative estimate of drug-likeness (QED) is 0.875. The third-order valence-corrected chi connectivity index (χ3v) is 2.88. The minimum Gasteiger partial charge on any atom is -0.480 e. The SMILES string of the molecule is O=C(O)[C@@H](NC1CC1)c1cc(Cl)cc(Cl)c1. The molecule has 0 aromatic heterocycles. The maximum Gasteiger partial charge on any atom is 0.325 e. The summed E-state index contributed by atoms with van der Waals surface area (Å²) in [5, 5.41) is 13.1. The van der Waals surface area contributed by atoms with Crippen LogP contribution in [0.4, 0.5) is 0 Å². The zero-order valence-corrected chi connectivity index (χ0v) is 9.92. The molecule has 2 N–H and O–H groups in total. The molecule has 1 aliphatic rings. The number of hydrogen-bond acceptors (Lipinski definition) is 2. The Hall–Kier alpha value is -0.770. The number of carboxylic acids is 1. The highest BCUT2D eigenvalue weighted by molar-refractivity contribution is 6.34. The van der Waals surface area contributed by atoms with Crippen LogP contribution >= 0.6 is 23.2 Å². The highest BCUT2D eigenvalue weighted by Gasteiger charge is 2.29. The molecule has 0 radical (unpaired) electrons. The van der Waals surface area contributed by atoms with Gasteiger partial charge in [0.1, 0.15) is 6.04 Å². The van der Waals surface area contributed by atoms with Crippen LogP contribution in [0.1, 0.15) is 24.4 Å². The summed E-state index contributed by atoms with van der Waals surface area (Å²) >= 11 is 11.7. The number of hydrogen-bond donors (Lipinski definition) is 2. The molecule has 1 aromatic rings. The van der Waals surface area contributed by atoms with Crippen molar-refractivity contribution in [2.45, 2.75) is 24.9 Å². The zero-order valence-electron chi connectivity index (χ0n) is 8.41. The van der Waals surface area contributed by atoms with Crippen LogP contribution in [-0.2, 0) is 4.79 Å². The molecular formula is C11H11Cl2NO2. The van der Waals surface area contributed by atoms with Crippen molar-refractivity contribution >= 4 is 29.2 Å². The lowest BCUT2D eigenvalue weighted by Crippen LogP contribution is -2.30. The molecule has 1 aromatic carbocycles. The fraction of sp³-hybridized carbons (Fsp3) is 0.364. The van der Waals surface area contributed by atoms with Gasteiger partial charge in [0.25, 0.3) is 0 Å². The van der Waals surface area contributed by atoms with Crippen molar-refractivity contribution in [1.29, 1.82) is 0 Å². The number of carboxylic acid groups (broad SMARTS) is 1. The first-order valence-electron chi connectivity index (χ1n) is 5.01. The monoisotopic (exact) mass is 259 g/mol. The second kappa shape index (κ2) is 4.62. The van der Waals surface area contributed by atoms with Crippen LogP contribution in [-0.4, -0.2) is 17.1 Å². The number of aliphatic carboxylic acids is 1. The van der Waals surface area contributed by atoms with Crippen molar-refractivity contribution in [3.63, 3.8) is 0 Å². The molecule has 1 aliphatic carbocycles. The smallest absolute Gasteiger partial charge is 0.325 e. The van der Waals surface area contributed by atoms with Crippen LogP contribution in [0.2, 0.25) is 10.0 Å². The maximum atomic E-state index is 11.1. The molecule has 3 nitrogen and oxygen atoms in total. The van der Waals surface area contributed by atoms with E-state index in [4.69, 9.17) is 28.3 Å². The van der Waals surface area contributed by atoms with Gasteiger partial charge in [0, 0.05) is 16.1 Å². The van der Waals surface area contributed by atoms with E-state index in [1.165, 1.54) is 0 Å². The lowest BCUT2D eigenvalue weighted by Gasteiger charge is -2.14. The van der Waals surface area contributed by atoms with E-state index in [2.05, 4.69) is 5.32 Å². The van der Waals surface area contributed by atoms with Crippen molar-refractivity contribution in [2.24, 2.45) is 0 Å². The summed E-state index contributed by atoms with van der Waals surface area (Å²) in [5.41, 5.74) is 0.594. The van der Waals surface area contributed by atoms with E-state index in [0.717, 1.165) is 12.8 Å². The Labute approximate surface area is 103 Å². The van der Waals surface area contributed by atoms with Gasteiger partial charge in [0.05, 0.1) is 0 Å². The molecule has 0 unspecified atom stereocenters. The Morgan fingerprint density at radius 3 is 2.31 bits per heavy atom. The zero-order chi connectivity index (χ0) is 11.7. The topological polar surface area (TPSA) is 49.3 Å².